The van der Waals surface area contributed by atoms with E-state index in [-0.39, 0.29) is 12.4 Å². The van der Waals surface area contributed by atoms with Gasteiger partial charge in [0, 0.05) is 36.9 Å². The number of benzene rings is 2. The lowest BCUT2D eigenvalue weighted by atomic mass is 10.1. The molecule has 1 aromatic heterocycles. The molecule has 0 amide bonds. The third-order valence-corrected chi connectivity index (χ3v) is 5.14. The van der Waals surface area contributed by atoms with E-state index in [0.29, 0.717) is 28.7 Å². The first-order valence-electron chi connectivity index (χ1n) is 9.14. The molecule has 0 spiro atoms. The lowest BCUT2D eigenvalue weighted by Gasteiger charge is -2.33. The van der Waals surface area contributed by atoms with Crippen molar-refractivity contribution in [3.8, 4) is 22.8 Å². The Morgan fingerprint density at radius 1 is 1.07 bits per heavy atom. The normalized spacial score (nSPS) is 18.9. The summed E-state index contributed by atoms with van der Waals surface area (Å²) in [7, 11) is 0. The van der Waals surface area contributed by atoms with Gasteiger partial charge in [0.2, 0.25) is 6.79 Å². The van der Waals surface area contributed by atoms with Crippen LogP contribution in [0.25, 0.3) is 22.1 Å². The zero-order valence-corrected chi connectivity index (χ0v) is 15.0. The maximum absolute atomic E-state index is 12.7. The fourth-order valence-corrected chi connectivity index (χ4v) is 3.73. The highest BCUT2D eigenvalue weighted by Gasteiger charge is 2.18. The molecule has 0 radical (unpaired) electrons. The zero-order valence-electron chi connectivity index (χ0n) is 15.0. The number of anilines is 1. The van der Waals surface area contributed by atoms with Gasteiger partial charge in [-0.25, -0.2) is 4.79 Å². The molecule has 1 atom stereocenters. The fraction of sp³-hybridized carbons (Fsp3) is 0.286. The van der Waals surface area contributed by atoms with Crippen LogP contribution in [0.1, 0.15) is 6.92 Å². The summed E-state index contributed by atoms with van der Waals surface area (Å²) in [6.07, 6.45) is 0. The van der Waals surface area contributed by atoms with Crippen molar-refractivity contribution in [1.29, 1.82) is 0 Å². The molecule has 1 N–H and O–H groups in total. The molecule has 1 saturated heterocycles. The molecular formula is C21H20N2O4. The number of fused-ring (bicyclic) bond motifs is 2. The van der Waals surface area contributed by atoms with Gasteiger partial charge in [0.05, 0.1) is 5.39 Å². The predicted molar refractivity (Wildman–Crippen MR) is 104 cm³/mol. The summed E-state index contributed by atoms with van der Waals surface area (Å²) in [5.41, 5.74) is 1.52. The number of nitrogens with one attached hydrogen (secondary N) is 1. The van der Waals surface area contributed by atoms with E-state index >= 15 is 0 Å². The Bertz CT molecular complexity index is 1080. The molecule has 0 aliphatic carbocycles. The first kappa shape index (κ1) is 16.2. The van der Waals surface area contributed by atoms with Crippen LogP contribution in [0.3, 0.4) is 0 Å². The Morgan fingerprint density at radius 3 is 2.85 bits per heavy atom. The minimum absolute atomic E-state index is 0.216. The van der Waals surface area contributed by atoms with Crippen LogP contribution in [-0.2, 0) is 0 Å². The molecule has 5 rings (SSSR count). The second kappa shape index (κ2) is 6.32. The van der Waals surface area contributed by atoms with Gasteiger partial charge >= 0.3 is 5.63 Å². The monoisotopic (exact) mass is 364 g/mol. The summed E-state index contributed by atoms with van der Waals surface area (Å²) >= 11 is 0. The number of rotatable bonds is 2. The zero-order chi connectivity index (χ0) is 18.4. The van der Waals surface area contributed by atoms with Gasteiger partial charge in [0.15, 0.2) is 11.5 Å². The molecule has 138 valence electrons. The molecular weight excluding hydrogens is 344 g/mol. The van der Waals surface area contributed by atoms with E-state index in [1.807, 2.05) is 36.4 Å². The predicted octanol–water partition coefficient (Wildman–Crippen LogP) is 2.99. The summed E-state index contributed by atoms with van der Waals surface area (Å²) in [5, 5.41) is 4.90. The van der Waals surface area contributed by atoms with Crippen LogP contribution >= 0.6 is 0 Å². The van der Waals surface area contributed by atoms with Crippen molar-refractivity contribution in [2.75, 3.05) is 31.3 Å². The Morgan fingerprint density at radius 2 is 1.96 bits per heavy atom. The minimum Gasteiger partial charge on any atom is -0.454 e. The third-order valence-electron chi connectivity index (χ3n) is 5.14. The smallest absolute Gasteiger partial charge is 0.344 e. The number of piperazine rings is 1. The minimum atomic E-state index is -0.329. The molecule has 2 aliphatic rings. The molecule has 0 bridgehead atoms. The molecule has 6 nitrogen and oxygen atoms in total. The molecule has 3 aromatic rings. The van der Waals surface area contributed by atoms with Crippen LogP contribution in [0.4, 0.5) is 5.69 Å². The molecule has 27 heavy (non-hydrogen) atoms. The second-order valence-corrected chi connectivity index (χ2v) is 7.04. The lowest BCUT2D eigenvalue weighted by molar-refractivity contribution is 0.174. The number of hydrogen-bond acceptors (Lipinski definition) is 6. The van der Waals surface area contributed by atoms with E-state index in [1.54, 1.807) is 0 Å². The van der Waals surface area contributed by atoms with E-state index in [0.717, 1.165) is 36.3 Å². The largest absolute Gasteiger partial charge is 0.454 e. The maximum atomic E-state index is 12.7. The average molecular weight is 364 g/mol. The van der Waals surface area contributed by atoms with E-state index in [4.69, 9.17) is 13.9 Å². The number of ether oxygens (including phenoxy) is 2. The Balaban J connectivity index is 1.54. The fourth-order valence-electron chi connectivity index (χ4n) is 3.73. The molecule has 3 heterocycles. The van der Waals surface area contributed by atoms with Crippen LogP contribution in [0.15, 0.2) is 51.7 Å². The molecule has 2 aromatic carbocycles. The molecule has 6 heteroatoms. The standard InChI is InChI=1S/C21H20N2O4/c1-13-11-23(7-6-22-13)16-4-2-14-8-19(27-21(24)17(14)10-16)15-3-5-18-20(9-15)26-12-25-18/h2-5,8-10,13,22H,6-7,11-12H2,1H3. The molecule has 1 unspecified atom stereocenters. The van der Waals surface area contributed by atoms with Crippen LogP contribution in [0, 0.1) is 0 Å². The topological polar surface area (TPSA) is 63.9 Å². The van der Waals surface area contributed by atoms with E-state index in [2.05, 4.69) is 23.2 Å². The Kier molecular flexibility index (Phi) is 3.79. The van der Waals surface area contributed by atoms with E-state index < -0.39 is 0 Å². The van der Waals surface area contributed by atoms with Gasteiger partial charge in [-0.2, -0.15) is 0 Å². The van der Waals surface area contributed by atoms with Gasteiger partial charge in [0.1, 0.15) is 5.76 Å². The van der Waals surface area contributed by atoms with E-state index in [9.17, 15) is 4.79 Å². The Labute approximate surface area is 156 Å². The molecule has 1 fully saturated rings. The summed E-state index contributed by atoms with van der Waals surface area (Å²) in [4.78, 5) is 14.9. The van der Waals surface area contributed by atoms with Crippen molar-refractivity contribution in [2.45, 2.75) is 13.0 Å². The lowest BCUT2D eigenvalue weighted by Crippen LogP contribution is -2.49. The van der Waals surface area contributed by atoms with E-state index in [1.165, 1.54) is 0 Å². The van der Waals surface area contributed by atoms with Crippen molar-refractivity contribution in [1.82, 2.24) is 5.32 Å². The van der Waals surface area contributed by atoms with Gasteiger partial charge in [-0.05, 0) is 48.7 Å². The highest BCUT2D eigenvalue weighted by Crippen LogP contribution is 2.36. The van der Waals surface area contributed by atoms with Crippen LogP contribution < -0.4 is 25.3 Å². The quantitative estimate of drug-likeness (QED) is 0.754. The number of nitrogens with zero attached hydrogens (tertiary/aromatic N) is 1. The highest BCUT2D eigenvalue weighted by atomic mass is 16.7. The van der Waals surface area contributed by atoms with Crippen LogP contribution in [0.2, 0.25) is 0 Å². The number of hydrogen-bond donors (Lipinski definition) is 1. The SMILES string of the molecule is CC1CN(c2ccc3cc(-c4ccc5c(c4)OCO5)oc(=O)c3c2)CCN1. The summed E-state index contributed by atoms with van der Waals surface area (Å²) in [6.45, 7) is 5.17. The van der Waals surface area contributed by atoms with Crippen molar-refractivity contribution in [3.63, 3.8) is 0 Å². The molecule has 0 saturated carbocycles. The van der Waals surface area contributed by atoms with Gasteiger partial charge < -0.3 is 24.1 Å². The highest BCUT2D eigenvalue weighted by molar-refractivity contribution is 5.87. The van der Waals surface area contributed by atoms with Crippen molar-refractivity contribution < 1.29 is 13.9 Å². The van der Waals surface area contributed by atoms with Gasteiger partial charge in [-0.1, -0.05) is 6.07 Å². The van der Waals surface area contributed by atoms with Gasteiger partial charge in [-0.15, -0.1) is 0 Å². The maximum Gasteiger partial charge on any atom is 0.344 e. The van der Waals surface area contributed by atoms with Crippen molar-refractivity contribution in [2.24, 2.45) is 0 Å². The average Bonchev–Trinajstić information content (AvgIpc) is 3.15. The third kappa shape index (κ3) is 2.92. The second-order valence-electron chi connectivity index (χ2n) is 7.04. The van der Waals surface area contributed by atoms with Crippen LogP contribution in [0.5, 0.6) is 11.5 Å². The van der Waals surface area contributed by atoms with Crippen molar-refractivity contribution >= 4 is 16.5 Å². The van der Waals surface area contributed by atoms with Crippen LogP contribution in [-0.4, -0.2) is 32.5 Å². The Hall–Kier alpha value is -2.99. The summed E-state index contributed by atoms with van der Waals surface area (Å²) in [6, 6.07) is 13.9. The molecule has 2 aliphatic heterocycles. The summed E-state index contributed by atoms with van der Waals surface area (Å²) < 4.78 is 16.4. The van der Waals surface area contributed by atoms with Gasteiger partial charge in [-0.3, -0.25) is 0 Å². The first-order chi connectivity index (χ1) is 13.2. The van der Waals surface area contributed by atoms with Gasteiger partial charge in [0.25, 0.3) is 0 Å². The summed E-state index contributed by atoms with van der Waals surface area (Å²) in [5.74, 6) is 1.89. The van der Waals surface area contributed by atoms with Crippen molar-refractivity contribution in [3.05, 3.63) is 52.9 Å². The first-order valence-corrected chi connectivity index (χ1v) is 9.14.